The summed E-state index contributed by atoms with van der Waals surface area (Å²) in [7, 11) is 1.53. The van der Waals surface area contributed by atoms with Gasteiger partial charge in [0.25, 0.3) is 0 Å². The van der Waals surface area contributed by atoms with Gasteiger partial charge in [0, 0.05) is 0 Å². The lowest BCUT2D eigenvalue weighted by Crippen LogP contribution is -1.89. The van der Waals surface area contributed by atoms with E-state index in [1.807, 2.05) is 19.1 Å². The number of hydrogen-bond donors (Lipinski definition) is 0. The molecule has 0 aliphatic rings. The SMILES string of the molecule is CC=Cc1cc(Cl)c(OCl)c(OC)c1. The van der Waals surface area contributed by atoms with E-state index in [4.69, 9.17) is 28.2 Å². The fraction of sp³-hybridized carbons (Fsp3) is 0.200. The molecule has 76 valence electrons. The summed E-state index contributed by atoms with van der Waals surface area (Å²) in [6, 6.07) is 3.55. The number of methoxy groups -OCH3 is 1. The predicted molar refractivity (Wildman–Crippen MR) is 59.2 cm³/mol. The van der Waals surface area contributed by atoms with Gasteiger partial charge in [-0.2, -0.15) is 0 Å². The summed E-state index contributed by atoms with van der Waals surface area (Å²) in [6.45, 7) is 1.92. The first-order valence-electron chi connectivity index (χ1n) is 4.01. The van der Waals surface area contributed by atoms with Crippen LogP contribution in [0.15, 0.2) is 18.2 Å². The molecule has 0 atom stereocenters. The molecule has 14 heavy (non-hydrogen) atoms. The van der Waals surface area contributed by atoms with Crippen LogP contribution in [0, 0.1) is 0 Å². The zero-order chi connectivity index (χ0) is 10.6. The van der Waals surface area contributed by atoms with Gasteiger partial charge in [-0.3, -0.25) is 0 Å². The monoisotopic (exact) mass is 232 g/mol. The summed E-state index contributed by atoms with van der Waals surface area (Å²) < 4.78 is 9.67. The first-order chi connectivity index (χ1) is 6.72. The van der Waals surface area contributed by atoms with Crippen LogP contribution in [0.5, 0.6) is 11.5 Å². The van der Waals surface area contributed by atoms with E-state index in [0.29, 0.717) is 16.5 Å². The second kappa shape index (κ2) is 5.13. The van der Waals surface area contributed by atoms with Gasteiger partial charge in [-0.05, 0) is 24.6 Å². The average Bonchev–Trinajstić information content (AvgIpc) is 2.17. The highest BCUT2D eigenvalue weighted by molar-refractivity contribution is 6.33. The molecule has 0 aromatic heterocycles. The van der Waals surface area contributed by atoms with E-state index in [1.165, 1.54) is 7.11 Å². The van der Waals surface area contributed by atoms with Crippen LogP contribution in [0.2, 0.25) is 5.02 Å². The lowest BCUT2D eigenvalue weighted by Gasteiger charge is -2.07. The van der Waals surface area contributed by atoms with Gasteiger partial charge in [-0.25, -0.2) is 0 Å². The van der Waals surface area contributed by atoms with E-state index in [-0.39, 0.29) is 0 Å². The highest BCUT2D eigenvalue weighted by Gasteiger charge is 2.10. The number of allylic oxidation sites excluding steroid dienone is 1. The molecule has 4 heteroatoms. The van der Waals surface area contributed by atoms with Crippen molar-refractivity contribution in [2.45, 2.75) is 6.92 Å². The molecule has 0 heterocycles. The van der Waals surface area contributed by atoms with Gasteiger partial charge in [0.05, 0.1) is 12.1 Å². The first kappa shape index (κ1) is 11.2. The van der Waals surface area contributed by atoms with Gasteiger partial charge in [-0.15, -0.1) is 0 Å². The number of ether oxygens (including phenoxy) is 1. The van der Waals surface area contributed by atoms with Gasteiger partial charge < -0.3 is 9.03 Å². The molecule has 0 radical (unpaired) electrons. The summed E-state index contributed by atoms with van der Waals surface area (Å²) in [5, 5.41) is 0.424. The molecule has 0 amide bonds. The van der Waals surface area contributed by atoms with E-state index in [9.17, 15) is 0 Å². The summed E-state index contributed by atoms with van der Waals surface area (Å²) >= 11 is 11.2. The number of rotatable bonds is 3. The molecule has 0 fully saturated rings. The fourth-order valence-corrected chi connectivity index (χ4v) is 1.56. The quantitative estimate of drug-likeness (QED) is 0.787. The maximum Gasteiger partial charge on any atom is 0.206 e. The number of hydrogen-bond acceptors (Lipinski definition) is 2. The average molecular weight is 233 g/mol. The number of halogens is 2. The Hall–Kier alpha value is -0.860. The van der Waals surface area contributed by atoms with Crippen molar-refractivity contribution in [3.63, 3.8) is 0 Å². The lowest BCUT2D eigenvalue weighted by molar-refractivity contribution is 0.397. The molecule has 0 saturated carbocycles. The van der Waals surface area contributed by atoms with Gasteiger partial charge in [-0.1, -0.05) is 23.8 Å². The Morgan fingerprint density at radius 3 is 2.57 bits per heavy atom. The second-order valence-electron chi connectivity index (χ2n) is 2.61. The molecule has 0 bridgehead atoms. The van der Waals surface area contributed by atoms with Gasteiger partial charge >= 0.3 is 0 Å². The minimum Gasteiger partial charge on any atom is -0.493 e. The fourth-order valence-electron chi connectivity index (χ4n) is 1.10. The maximum absolute atomic E-state index is 5.93. The molecule has 0 unspecified atom stereocenters. The third kappa shape index (κ3) is 2.34. The van der Waals surface area contributed by atoms with Crippen LogP contribution in [0.3, 0.4) is 0 Å². The zero-order valence-corrected chi connectivity index (χ0v) is 9.39. The van der Waals surface area contributed by atoms with Crippen LogP contribution < -0.4 is 9.03 Å². The van der Waals surface area contributed by atoms with Crippen LogP contribution in [0.25, 0.3) is 6.08 Å². The van der Waals surface area contributed by atoms with E-state index >= 15 is 0 Å². The summed E-state index contributed by atoms with van der Waals surface area (Å²) in [5.41, 5.74) is 0.937. The normalized spacial score (nSPS) is 10.6. The standard InChI is InChI=1S/C10H10Cl2O2/c1-3-4-7-5-8(11)10(14-12)9(6-7)13-2/h3-6H,1-2H3. The third-order valence-corrected chi connectivity index (χ3v) is 2.12. The molecule has 0 spiro atoms. The zero-order valence-electron chi connectivity index (χ0n) is 7.88. The first-order valence-corrected chi connectivity index (χ1v) is 4.70. The van der Waals surface area contributed by atoms with Crippen molar-refractivity contribution in [2.75, 3.05) is 7.11 Å². The Kier molecular flexibility index (Phi) is 4.11. The Bertz CT molecular complexity index is 348. The van der Waals surface area contributed by atoms with E-state index in [2.05, 4.69) is 4.29 Å². The Labute approximate surface area is 93.2 Å². The Morgan fingerprint density at radius 2 is 2.07 bits per heavy atom. The van der Waals surface area contributed by atoms with Crippen LogP contribution in [0.1, 0.15) is 12.5 Å². The third-order valence-electron chi connectivity index (χ3n) is 1.69. The highest BCUT2D eigenvalue weighted by atomic mass is 35.5. The van der Waals surface area contributed by atoms with Crippen LogP contribution in [0.4, 0.5) is 0 Å². The predicted octanol–water partition coefficient (Wildman–Crippen LogP) is 3.91. The van der Waals surface area contributed by atoms with Gasteiger partial charge in [0.2, 0.25) is 5.75 Å². The largest absolute Gasteiger partial charge is 0.493 e. The van der Waals surface area contributed by atoms with Crippen molar-refractivity contribution < 1.29 is 9.03 Å². The molecule has 0 N–H and O–H groups in total. The van der Waals surface area contributed by atoms with Crippen LogP contribution in [-0.2, 0) is 0 Å². The van der Waals surface area contributed by atoms with Gasteiger partial charge in [0.1, 0.15) is 11.9 Å². The molecule has 1 aromatic carbocycles. The Morgan fingerprint density at radius 1 is 1.36 bits per heavy atom. The second-order valence-corrected chi connectivity index (χ2v) is 3.17. The topological polar surface area (TPSA) is 18.5 Å². The molecule has 0 saturated heterocycles. The van der Waals surface area contributed by atoms with E-state index in [1.54, 1.807) is 12.1 Å². The Balaban J connectivity index is 3.23. The van der Waals surface area contributed by atoms with Crippen molar-refractivity contribution >= 4 is 29.5 Å². The van der Waals surface area contributed by atoms with Crippen molar-refractivity contribution in [2.24, 2.45) is 0 Å². The molecule has 0 aliphatic carbocycles. The van der Waals surface area contributed by atoms with Crippen molar-refractivity contribution in [3.05, 3.63) is 28.8 Å². The van der Waals surface area contributed by atoms with Crippen molar-refractivity contribution in [3.8, 4) is 11.5 Å². The molecule has 1 aromatic rings. The van der Waals surface area contributed by atoms with Gasteiger partial charge in [0.15, 0.2) is 5.75 Å². The molecular weight excluding hydrogens is 223 g/mol. The van der Waals surface area contributed by atoms with Crippen molar-refractivity contribution in [1.82, 2.24) is 0 Å². The highest BCUT2D eigenvalue weighted by Crippen LogP contribution is 2.37. The lowest BCUT2D eigenvalue weighted by atomic mass is 10.2. The molecule has 1 rings (SSSR count). The minimum atomic E-state index is 0.337. The molecule has 2 nitrogen and oxygen atoms in total. The van der Waals surface area contributed by atoms with Crippen LogP contribution >= 0.6 is 23.5 Å². The smallest absolute Gasteiger partial charge is 0.206 e. The number of benzene rings is 1. The van der Waals surface area contributed by atoms with E-state index in [0.717, 1.165) is 5.56 Å². The summed E-state index contributed by atoms with van der Waals surface area (Å²) in [5.74, 6) is 0.852. The summed E-state index contributed by atoms with van der Waals surface area (Å²) in [6.07, 6.45) is 3.82. The maximum atomic E-state index is 5.93. The minimum absolute atomic E-state index is 0.337. The summed E-state index contributed by atoms with van der Waals surface area (Å²) in [4.78, 5) is 0. The molecular formula is C10H10Cl2O2. The van der Waals surface area contributed by atoms with Crippen LogP contribution in [-0.4, -0.2) is 7.11 Å². The van der Waals surface area contributed by atoms with Crippen molar-refractivity contribution in [1.29, 1.82) is 0 Å². The molecule has 0 aliphatic heterocycles. The van der Waals surface area contributed by atoms with E-state index < -0.39 is 0 Å².